The van der Waals surface area contributed by atoms with E-state index in [2.05, 4.69) is 50.6 Å². The summed E-state index contributed by atoms with van der Waals surface area (Å²) in [6.45, 7) is 6.16. The summed E-state index contributed by atoms with van der Waals surface area (Å²) in [4.78, 5) is 28.4. The summed E-state index contributed by atoms with van der Waals surface area (Å²) in [6.07, 6.45) is 3.93. The van der Waals surface area contributed by atoms with Crippen molar-refractivity contribution >= 4 is 43.7 Å². The minimum atomic E-state index is -0.0944. The van der Waals surface area contributed by atoms with E-state index < -0.39 is 0 Å². The Bertz CT molecular complexity index is 690. The van der Waals surface area contributed by atoms with Crippen molar-refractivity contribution in [3.05, 3.63) is 44.9 Å². The molecule has 3 rings (SSSR count). The number of halogens is 2. The molecule has 0 aromatic heterocycles. The molecule has 0 radical (unpaired) electrons. The fourth-order valence-electron chi connectivity index (χ4n) is 3.50. The number of rotatable bonds is 2. The number of benzene rings is 1. The summed E-state index contributed by atoms with van der Waals surface area (Å²) in [7, 11) is 0. The molecule has 128 valence electrons. The minimum absolute atomic E-state index is 0.0785. The number of carbonyl (C=O) groups excluding carboxylic acids is 2. The molecule has 6 heteroatoms. The number of nitrogens with zero attached hydrogens (tertiary/aromatic N) is 2. The van der Waals surface area contributed by atoms with Gasteiger partial charge < -0.3 is 9.80 Å². The zero-order chi connectivity index (χ0) is 17.3. The molecule has 1 fully saturated rings. The summed E-state index contributed by atoms with van der Waals surface area (Å²) in [5.74, 6) is -0.00499. The van der Waals surface area contributed by atoms with E-state index in [9.17, 15) is 9.59 Å². The second-order valence-electron chi connectivity index (χ2n) is 6.37. The number of fused-ring (bicyclic) bond motifs is 1. The zero-order valence-corrected chi connectivity index (χ0v) is 16.6. The number of hydrogen-bond donors (Lipinski definition) is 0. The standard InChI is InChI=1S/C18H20Br2N2O2/c1-2-17(23)21-6-3-4-13(10-21)18(24)22-7-5-12-8-15(19)16(20)9-14(12)11-22/h2,8-9,13H,1,3-7,10-11H2. The molecule has 1 atom stereocenters. The lowest BCUT2D eigenvalue weighted by Gasteiger charge is -2.36. The Kier molecular flexibility index (Phi) is 5.45. The van der Waals surface area contributed by atoms with E-state index >= 15 is 0 Å². The number of likely N-dealkylation sites (tertiary alicyclic amines) is 1. The van der Waals surface area contributed by atoms with Gasteiger partial charge >= 0.3 is 0 Å². The van der Waals surface area contributed by atoms with Crippen LogP contribution in [0, 0.1) is 5.92 Å². The van der Waals surface area contributed by atoms with E-state index in [-0.39, 0.29) is 17.7 Å². The van der Waals surface area contributed by atoms with Crippen molar-refractivity contribution in [2.24, 2.45) is 5.92 Å². The molecule has 1 saturated heterocycles. The van der Waals surface area contributed by atoms with Crippen LogP contribution in [0.3, 0.4) is 0 Å². The van der Waals surface area contributed by atoms with Gasteiger partial charge in [0.1, 0.15) is 0 Å². The number of hydrogen-bond acceptors (Lipinski definition) is 2. The SMILES string of the molecule is C=CC(=O)N1CCCC(C(=O)N2CCc3cc(Br)c(Br)cc3C2)C1. The van der Waals surface area contributed by atoms with E-state index in [1.54, 1.807) is 4.90 Å². The highest BCUT2D eigenvalue weighted by molar-refractivity contribution is 9.13. The normalized spacial score (nSPS) is 20.5. The first kappa shape index (κ1) is 17.7. The molecule has 1 unspecified atom stereocenters. The van der Waals surface area contributed by atoms with Gasteiger partial charge in [-0.3, -0.25) is 9.59 Å². The maximum atomic E-state index is 12.9. The molecule has 24 heavy (non-hydrogen) atoms. The van der Waals surface area contributed by atoms with Gasteiger partial charge in [0.25, 0.3) is 0 Å². The Hall–Kier alpha value is -1.14. The van der Waals surface area contributed by atoms with Crippen LogP contribution in [-0.4, -0.2) is 41.2 Å². The Balaban J connectivity index is 1.70. The third-order valence-corrected chi connectivity index (χ3v) is 6.67. The Labute approximate surface area is 159 Å². The van der Waals surface area contributed by atoms with Crippen LogP contribution in [0.1, 0.15) is 24.0 Å². The highest BCUT2D eigenvalue weighted by atomic mass is 79.9. The molecule has 4 nitrogen and oxygen atoms in total. The van der Waals surface area contributed by atoms with E-state index in [0.29, 0.717) is 13.1 Å². The van der Waals surface area contributed by atoms with E-state index in [4.69, 9.17) is 0 Å². The topological polar surface area (TPSA) is 40.6 Å². The van der Waals surface area contributed by atoms with Gasteiger partial charge in [-0.2, -0.15) is 0 Å². The Morgan fingerprint density at radius 1 is 1.12 bits per heavy atom. The third kappa shape index (κ3) is 3.59. The van der Waals surface area contributed by atoms with Crippen molar-refractivity contribution in [2.75, 3.05) is 19.6 Å². The molecule has 2 aliphatic rings. The van der Waals surface area contributed by atoms with Crippen LogP contribution < -0.4 is 0 Å². The van der Waals surface area contributed by atoms with E-state index in [0.717, 1.165) is 41.3 Å². The first-order valence-electron chi connectivity index (χ1n) is 8.16. The van der Waals surface area contributed by atoms with Crippen LogP contribution in [0.4, 0.5) is 0 Å². The highest BCUT2D eigenvalue weighted by Gasteiger charge is 2.32. The van der Waals surface area contributed by atoms with Gasteiger partial charge in [0.15, 0.2) is 0 Å². The number of piperidine rings is 1. The second-order valence-corrected chi connectivity index (χ2v) is 8.08. The maximum Gasteiger partial charge on any atom is 0.245 e. The molecular weight excluding hydrogens is 436 g/mol. The fraction of sp³-hybridized carbons (Fsp3) is 0.444. The van der Waals surface area contributed by atoms with Crippen LogP contribution in [0.2, 0.25) is 0 Å². The Morgan fingerprint density at radius 2 is 1.83 bits per heavy atom. The molecule has 0 spiro atoms. The quantitative estimate of drug-likeness (QED) is 0.640. The summed E-state index contributed by atoms with van der Waals surface area (Å²) in [5, 5.41) is 0. The van der Waals surface area contributed by atoms with Crippen molar-refractivity contribution in [1.29, 1.82) is 0 Å². The first-order valence-corrected chi connectivity index (χ1v) is 9.75. The van der Waals surface area contributed by atoms with Gasteiger partial charge in [0.05, 0.1) is 5.92 Å². The molecule has 0 saturated carbocycles. The van der Waals surface area contributed by atoms with Crippen LogP contribution in [0.15, 0.2) is 33.7 Å². The second kappa shape index (κ2) is 7.40. The molecule has 2 amide bonds. The maximum absolute atomic E-state index is 12.9. The van der Waals surface area contributed by atoms with Gasteiger partial charge in [-0.05, 0) is 80.5 Å². The molecule has 2 aliphatic heterocycles. The highest BCUT2D eigenvalue weighted by Crippen LogP contribution is 2.31. The van der Waals surface area contributed by atoms with Crippen molar-refractivity contribution in [3.63, 3.8) is 0 Å². The van der Waals surface area contributed by atoms with Crippen LogP contribution >= 0.6 is 31.9 Å². The van der Waals surface area contributed by atoms with Crippen LogP contribution in [0.25, 0.3) is 0 Å². The smallest absolute Gasteiger partial charge is 0.245 e. The minimum Gasteiger partial charge on any atom is -0.338 e. The summed E-state index contributed by atoms with van der Waals surface area (Å²) < 4.78 is 2.06. The van der Waals surface area contributed by atoms with E-state index in [1.807, 2.05) is 4.90 Å². The summed E-state index contributed by atoms with van der Waals surface area (Å²) in [5.41, 5.74) is 2.49. The van der Waals surface area contributed by atoms with Gasteiger partial charge in [0.2, 0.25) is 11.8 Å². The molecule has 2 heterocycles. The van der Waals surface area contributed by atoms with E-state index in [1.165, 1.54) is 17.2 Å². The van der Waals surface area contributed by atoms with Crippen LogP contribution in [0.5, 0.6) is 0 Å². The number of amides is 2. The molecule has 1 aromatic carbocycles. The Morgan fingerprint density at radius 3 is 2.54 bits per heavy atom. The monoisotopic (exact) mass is 454 g/mol. The van der Waals surface area contributed by atoms with Gasteiger partial charge in [-0.25, -0.2) is 0 Å². The largest absolute Gasteiger partial charge is 0.338 e. The van der Waals surface area contributed by atoms with Crippen molar-refractivity contribution in [1.82, 2.24) is 9.80 Å². The van der Waals surface area contributed by atoms with Crippen molar-refractivity contribution in [2.45, 2.75) is 25.8 Å². The van der Waals surface area contributed by atoms with Crippen molar-refractivity contribution in [3.8, 4) is 0 Å². The lowest BCUT2D eigenvalue weighted by atomic mass is 9.94. The summed E-state index contributed by atoms with van der Waals surface area (Å²) in [6, 6.07) is 4.22. The van der Waals surface area contributed by atoms with Gasteiger partial charge in [-0.15, -0.1) is 0 Å². The molecule has 1 aromatic rings. The van der Waals surface area contributed by atoms with Gasteiger partial charge in [0, 0.05) is 35.1 Å². The predicted molar refractivity (Wildman–Crippen MR) is 100 cm³/mol. The lowest BCUT2D eigenvalue weighted by molar-refractivity contribution is -0.140. The van der Waals surface area contributed by atoms with Crippen molar-refractivity contribution < 1.29 is 9.59 Å². The van der Waals surface area contributed by atoms with Gasteiger partial charge in [-0.1, -0.05) is 6.58 Å². The fourth-order valence-corrected chi connectivity index (χ4v) is 4.29. The average molecular weight is 456 g/mol. The average Bonchev–Trinajstić information content (AvgIpc) is 2.61. The lowest BCUT2D eigenvalue weighted by Crippen LogP contribution is -2.47. The molecule has 0 aliphatic carbocycles. The predicted octanol–water partition coefficient (Wildman–Crippen LogP) is 3.52. The third-order valence-electron chi connectivity index (χ3n) is 4.82. The van der Waals surface area contributed by atoms with Crippen LogP contribution in [-0.2, 0) is 22.6 Å². The molecule has 0 N–H and O–H groups in total. The number of carbonyl (C=O) groups is 2. The first-order chi connectivity index (χ1) is 11.5. The molecule has 0 bridgehead atoms. The zero-order valence-electron chi connectivity index (χ0n) is 13.4. The molecular formula is C18H20Br2N2O2. The summed E-state index contributed by atoms with van der Waals surface area (Å²) >= 11 is 7.07.